The number of H-pyrrole nitrogens is 1. The van der Waals surface area contributed by atoms with Crippen molar-refractivity contribution < 1.29 is 0 Å². The molecule has 4 heteroatoms. The van der Waals surface area contributed by atoms with Gasteiger partial charge in [0.1, 0.15) is 0 Å². The second-order valence-corrected chi connectivity index (χ2v) is 4.68. The lowest BCUT2D eigenvalue weighted by atomic mass is 10.0. The maximum Gasteiger partial charge on any atom is 0.0886 e. The van der Waals surface area contributed by atoms with Gasteiger partial charge >= 0.3 is 0 Å². The summed E-state index contributed by atoms with van der Waals surface area (Å²) in [6.07, 6.45) is 1.94. The third-order valence-electron chi connectivity index (χ3n) is 3.49. The number of nitrogens with one attached hydrogen (secondary N) is 2. The van der Waals surface area contributed by atoms with Gasteiger partial charge in [0.25, 0.3) is 0 Å². The highest BCUT2D eigenvalue weighted by atomic mass is 15.2. The molecular weight excluding hydrogens is 224 g/mol. The first-order valence-corrected chi connectivity index (χ1v) is 6.41. The van der Waals surface area contributed by atoms with E-state index in [9.17, 15) is 0 Å². The number of aryl methyl sites for hydroxylation is 1. The van der Waals surface area contributed by atoms with Gasteiger partial charge < -0.3 is 10.2 Å². The summed E-state index contributed by atoms with van der Waals surface area (Å²) in [5.74, 6) is 0. The molecule has 0 saturated carbocycles. The Hall–Kier alpha value is -1.81. The van der Waals surface area contributed by atoms with E-state index in [-0.39, 0.29) is 0 Å². The Balaban J connectivity index is 1.98. The molecule has 4 nitrogen and oxygen atoms in total. The van der Waals surface area contributed by atoms with Crippen molar-refractivity contribution in [2.75, 3.05) is 31.1 Å². The Labute approximate surface area is 107 Å². The fourth-order valence-corrected chi connectivity index (χ4v) is 2.48. The van der Waals surface area contributed by atoms with Crippen molar-refractivity contribution in [1.29, 1.82) is 0 Å². The average Bonchev–Trinajstić information content (AvgIpc) is 2.89. The highest BCUT2D eigenvalue weighted by Crippen LogP contribution is 2.30. The lowest BCUT2D eigenvalue weighted by Gasteiger charge is -2.29. The van der Waals surface area contributed by atoms with Crippen molar-refractivity contribution in [2.45, 2.75) is 6.92 Å². The molecule has 1 aliphatic heterocycles. The van der Waals surface area contributed by atoms with E-state index in [1.54, 1.807) is 0 Å². The van der Waals surface area contributed by atoms with Crippen molar-refractivity contribution >= 4 is 5.69 Å². The van der Waals surface area contributed by atoms with Crippen LogP contribution in [0.15, 0.2) is 30.5 Å². The summed E-state index contributed by atoms with van der Waals surface area (Å²) in [5, 5.41) is 10.8. The van der Waals surface area contributed by atoms with Gasteiger partial charge in [-0.1, -0.05) is 24.3 Å². The zero-order valence-corrected chi connectivity index (χ0v) is 10.6. The van der Waals surface area contributed by atoms with Gasteiger partial charge in [-0.3, -0.25) is 5.10 Å². The molecule has 0 atom stereocenters. The van der Waals surface area contributed by atoms with Crippen molar-refractivity contribution in [3.63, 3.8) is 0 Å². The van der Waals surface area contributed by atoms with Crippen molar-refractivity contribution in [3.05, 3.63) is 36.0 Å². The SMILES string of the molecule is Cc1ccccc1-c1[nH]ncc1N1CCNCC1. The van der Waals surface area contributed by atoms with Gasteiger partial charge in [-0.2, -0.15) is 5.10 Å². The highest BCUT2D eigenvalue weighted by Gasteiger charge is 2.17. The van der Waals surface area contributed by atoms with Crippen LogP contribution in [0.5, 0.6) is 0 Å². The maximum absolute atomic E-state index is 4.23. The second-order valence-electron chi connectivity index (χ2n) is 4.68. The first kappa shape index (κ1) is 11.3. The molecule has 2 heterocycles. The number of nitrogens with zero attached hydrogens (tertiary/aromatic N) is 2. The minimum absolute atomic E-state index is 1.04. The standard InChI is InChI=1S/C14H18N4/c1-11-4-2-3-5-12(11)14-13(10-16-17-14)18-8-6-15-7-9-18/h2-5,10,15H,6-9H2,1H3,(H,16,17). The molecule has 0 bridgehead atoms. The Bertz CT molecular complexity index is 526. The van der Waals surface area contributed by atoms with Crippen LogP contribution in [0.2, 0.25) is 0 Å². The van der Waals surface area contributed by atoms with Gasteiger partial charge in [0, 0.05) is 31.7 Å². The predicted molar refractivity (Wildman–Crippen MR) is 73.8 cm³/mol. The third kappa shape index (κ3) is 1.99. The summed E-state index contributed by atoms with van der Waals surface area (Å²) >= 11 is 0. The lowest BCUT2D eigenvalue weighted by Crippen LogP contribution is -2.43. The summed E-state index contributed by atoms with van der Waals surface area (Å²) in [6.45, 7) is 6.30. The van der Waals surface area contributed by atoms with Crippen LogP contribution in [0.4, 0.5) is 5.69 Å². The van der Waals surface area contributed by atoms with Crippen LogP contribution in [0.3, 0.4) is 0 Å². The van der Waals surface area contributed by atoms with Crippen LogP contribution in [0.1, 0.15) is 5.56 Å². The Kier molecular flexibility index (Phi) is 3.02. The summed E-state index contributed by atoms with van der Waals surface area (Å²) in [5.41, 5.74) is 4.86. The summed E-state index contributed by atoms with van der Waals surface area (Å²) in [7, 11) is 0. The summed E-state index contributed by atoms with van der Waals surface area (Å²) in [6, 6.07) is 8.43. The van der Waals surface area contributed by atoms with Crippen molar-refractivity contribution in [3.8, 4) is 11.3 Å². The van der Waals surface area contributed by atoms with Crippen LogP contribution in [0, 0.1) is 6.92 Å². The molecular formula is C14H18N4. The number of aromatic amines is 1. The third-order valence-corrected chi connectivity index (χ3v) is 3.49. The highest BCUT2D eigenvalue weighted by molar-refractivity contribution is 5.76. The number of aromatic nitrogens is 2. The molecule has 1 aromatic heterocycles. The van der Waals surface area contributed by atoms with Crippen molar-refractivity contribution in [2.24, 2.45) is 0 Å². The van der Waals surface area contributed by atoms with E-state index >= 15 is 0 Å². The number of rotatable bonds is 2. The van der Waals surface area contributed by atoms with Gasteiger partial charge in [-0.15, -0.1) is 0 Å². The molecule has 0 aliphatic carbocycles. The number of hydrogen-bond donors (Lipinski definition) is 2. The molecule has 0 unspecified atom stereocenters. The number of anilines is 1. The molecule has 0 radical (unpaired) electrons. The van der Waals surface area contributed by atoms with Crippen LogP contribution in [-0.4, -0.2) is 36.4 Å². The lowest BCUT2D eigenvalue weighted by molar-refractivity contribution is 0.589. The smallest absolute Gasteiger partial charge is 0.0886 e. The van der Waals surface area contributed by atoms with Crippen LogP contribution < -0.4 is 10.2 Å². The minimum atomic E-state index is 1.04. The number of piperazine rings is 1. The van der Waals surface area contributed by atoms with E-state index in [2.05, 4.69) is 51.6 Å². The van der Waals surface area contributed by atoms with Gasteiger partial charge in [0.05, 0.1) is 17.6 Å². The molecule has 3 rings (SSSR count). The van der Waals surface area contributed by atoms with Gasteiger partial charge in [0.15, 0.2) is 0 Å². The molecule has 1 fully saturated rings. The fraction of sp³-hybridized carbons (Fsp3) is 0.357. The maximum atomic E-state index is 4.23. The summed E-state index contributed by atoms with van der Waals surface area (Å²) in [4.78, 5) is 2.39. The molecule has 2 N–H and O–H groups in total. The number of benzene rings is 1. The molecule has 0 amide bonds. The molecule has 1 aliphatic rings. The average molecular weight is 242 g/mol. The van der Waals surface area contributed by atoms with Crippen LogP contribution >= 0.6 is 0 Å². The molecule has 1 saturated heterocycles. The van der Waals surface area contributed by atoms with E-state index in [4.69, 9.17) is 0 Å². The van der Waals surface area contributed by atoms with E-state index in [1.165, 1.54) is 16.8 Å². The predicted octanol–water partition coefficient (Wildman–Crippen LogP) is 1.79. The van der Waals surface area contributed by atoms with Crippen LogP contribution in [-0.2, 0) is 0 Å². The zero-order valence-electron chi connectivity index (χ0n) is 10.6. The summed E-state index contributed by atoms with van der Waals surface area (Å²) < 4.78 is 0. The van der Waals surface area contributed by atoms with Crippen molar-refractivity contribution in [1.82, 2.24) is 15.5 Å². The zero-order chi connectivity index (χ0) is 12.4. The first-order valence-electron chi connectivity index (χ1n) is 6.41. The monoisotopic (exact) mass is 242 g/mol. The van der Waals surface area contributed by atoms with E-state index in [0.29, 0.717) is 0 Å². The van der Waals surface area contributed by atoms with E-state index in [1.807, 2.05) is 6.20 Å². The molecule has 94 valence electrons. The fourth-order valence-electron chi connectivity index (χ4n) is 2.48. The van der Waals surface area contributed by atoms with Gasteiger partial charge in [0.2, 0.25) is 0 Å². The topological polar surface area (TPSA) is 44.0 Å². The molecule has 2 aromatic rings. The Morgan fingerprint density at radius 3 is 2.72 bits per heavy atom. The van der Waals surface area contributed by atoms with Gasteiger partial charge in [-0.05, 0) is 12.5 Å². The van der Waals surface area contributed by atoms with E-state index < -0.39 is 0 Å². The Morgan fingerprint density at radius 1 is 1.17 bits per heavy atom. The molecule has 1 aromatic carbocycles. The first-order chi connectivity index (χ1) is 8.86. The normalized spacial score (nSPS) is 15.9. The largest absolute Gasteiger partial charge is 0.366 e. The minimum Gasteiger partial charge on any atom is -0.366 e. The molecule has 18 heavy (non-hydrogen) atoms. The quantitative estimate of drug-likeness (QED) is 0.844. The van der Waals surface area contributed by atoms with Gasteiger partial charge in [-0.25, -0.2) is 0 Å². The molecule has 0 spiro atoms. The second kappa shape index (κ2) is 4.82. The van der Waals surface area contributed by atoms with E-state index in [0.717, 1.165) is 31.9 Å². The Morgan fingerprint density at radius 2 is 1.94 bits per heavy atom. The number of hydrogen-bond acceptors (Lipinski definition) is 3. The van der Waals surface area contributed by atoms with Crippen LogP contribution in [0.25, 0.3) is 11.3 Å².